The Balaban J connectivity index is 1.94. The number of benzene rings is 1. The first-order valence-electron chi connectivity index (χ1n) is 6.81. The van der Waals surface area contributed by atoms with Gasteiger partial charge in [-0.3, -0.25) is 4.98 Å². The van der Waals surface area contributed by atoms with Crippen molar-refractivity contribution in [3.05, 3.63) is 42.2 Å². The summed E-state index contributed by atoms with van der Waals surface area (Å²) < 4.78 is 2.26. The van der Waals surface area contributed by atoms with Gasteiger partial charge >= 0.3 is 0 Å². The monoisotopic (exact) mass is 251 g/mol. The second kappa shape index (κ2) is 3.81. The van der Waals surface area contributed by atoms with E-state index in [1.807, 2.05) is 12.4 Å². The van der Waals surface area contributed by atoms with Gasteiger partial charge in [0.05, 0.1) is 5.52 Å². The number of pyridine rings is 1. The summed E-state index contributed by atoms with van der Waals surface area (Å²) in [6, 6.07) is 9.29. The van der Waals surface area contributed by atoms with E-state index >= 15 is 0 Å². The minimum atomic E-state index is 0.400. The zero-order chi connectivity index (χ0) is 13.0. The Morgan fingerprint density at radius 1 is 1.16 bits per heavy atom. The second-order valence-corrected chi connectivity index (χ2v) is 5.66. The Morgan fingerprint density at radius 2 is 2.00 bits per heavy atom. The van der Waals surface area contributed by atoms with Gasteiger partial charge in [0.2, 0.25) is 0 Å². The van der Waals surface area contributed by atoms with Gasteiger partial charge in [-0.1, -0.05) is 12.1 Å². The molecule has 1 fully saturated rings. The van der Waals surface area contributed by atoms with E-state index in [0.29, 0.717) is 12.0 Å². The number of aromatic nitrogens is 2. The molecule has 3 nitrogen and oxygen atoms in total. The number of fused-ring (bicyclic) bond motifs is 3. The molecule has 0 saturated heterocycles. The standard InChI is InChI=1S/C16H17N3/c1-19-15-4-5-18-9-14(15)13-3-2-10(8-16(13)19)11-6-12(17)7-11/h2-5,8-9,11-12H,6-7,17H2,1H3. The van der Waals surface area contributed by atoms with Crippen LogP contribution < -0.4 is 5.73 Å². The van der Waals surface area contributed by atoms with Crippen molar-refractivity contribution in [3.63, 3.8) is 0 Å². The first-order valence-corrected chi connectivity index (χ1v) is 6.81. The SMILES string of the molecule is Cn1c2ccncc2c2ccc(C3CC(N)C3)cc21. The fourth-order valence-electron chi connectivity index (χ4n) is 3.26. The first kappa shape index (κ1) is 11.0. The second-order valence-electron chi connectivity index (χ2n) is 5.66. The molecule has 96 valence electrons. The third-order valence-corrected chi connectivity index (χ3v) is 4.48. The molecular formula is C16H17N3. The molecule has 0 unspecified atom stereocenters. The van der Waals surface area contributed by atoms with E-state index in [-0.39, 0.29) is 0 Å². The summed E-state index contributed by atoms with van der Waals surface area (Å²) >= 11 is 0. The summed E-state index contributed by atoms with van der Waals surface area (Å²) in [5.41, 5.74) is 9.86. The van der Waals surface area contributed by atoms with E-state index < -0.39 is 0 Å². The summed E-state index contributed by atoms with van der Waals surface area (Å²) in [6.07, 6.45) is 6.05. The van der Waals surface area contributed by atoms with Gasteiger partial charge in [-0.25, -0.2) is 0 Å². The Morgan fingerprint density at radius 3 is 2.79 bits per heavy atom. The van der Waals surface area contributed by atoms with Crippen LogP contribution in [0.5, 0.6) is 0 Å². The van der Waals surface area contributed by atoms with Gasteiger partial charge < -0.3 is 10.3 Å². The van der Waals surface area contributed by atoms with E-state index in [0.717, 1.165) is 12.8 Å². The molecule has 2 N–H and O–H groups in total. The molecule has 0 atom stereocenters. The summed E-state index contributed by atoms with van der Waals surface area (Å²) in [5, 5.41) is 2.52. The van der Waals surface area contributed by atoms with Crippen molar-refractivity contribution in [2.75, 3.05) is 0 Å². The van der Waals surface area contributed by atoms with E-state index in [1.54, 1.807) is 0 Å². The molecule has 0 aliphatic heterocycles. The Labute approximate surface area is 112 Å². The molecule has 3 heteroatoms. The van der Waals surface area contributed by atoms with Crippen molar-refractivity contribution in [1.82, 2.24) is 9.55 Å². The van der Waals surface area contributed by atoms with Gasteiger partial charge in [0.1, 0.15) is 0 Å². The molecule has 1 aliphatic rings. The largest absolute Gasteiger partial charge is 0.344 e. The van der Waals surface area contributed by atoms with Crippen LogP contribution >= 0.6 is 0 Å². The molecule has 2 heterocycles. The van der Waals surface area contributed by atoms with E-state index in [1.165, 1.54) is 27.4 Å². The van der Waals surface area contributed by atoms with E-state index in [4.69, 9.17) is 5.73 Å². The number of aryl methyl sites for hydroxylation is 1. The lowest BCUT2D eigenvalue weighted by Gasteiger charge is -2.32. The number of hydrogen-bond donors (Lipinski definition) is 1. The molecule has 1 aliphatic carbocycles. The molecule has 0 radical (unpaired) electrons. The van der Waals surface area contributed by atoms with E-state index in [2.05, 4.69) is 40.9 Å². The van der Waals surface area contributed by atoms with Gasteiger partial charge in [-0.15, -0.1) is 0 Å². The third-order valence-electron chi connectivity index (χ3n) is 4.48. The quantitative estimate of drug-likeness (QED) is 0.722. The van der Waals surface area contributed by atoms with Crippen LogP contribution in [-0.2, 0) is 7.05 Å². The average molecular weight is 251 g/mol. The van der Waals surface area contributed by atoms with Crippen LogP contribution in [-0.4, -0.2) is 15.6 Å². The van der Waals surface area contributed by atoms with Crippen LogP contribution in [0.15, 0.2) is 36.7 Å². The minimum absolute atomic E-state index is 0.400. The van der Waals surface area contributed by atoms with Crippen molar-refractivity contribution >= 4 is 21.8 Å². The van der Waals surface area contributed by atoms with E-state index in [9.17, 15) is 0 Å². The highest BCUT2D eigenvalue weighted by Crippen LogP contribution is 2.38. The molecule has 0 spiro atoms. The summed E-state index contributed by atoms with van der Waals surface area (Å²) in [5.74, 6) is 0.649. The maximum Gasteiger partial charge on any atom is 0.0519 e. The van der Waals surface area contributed by atoms with Crippen molar-refractivity contribution in [1.29, 1.82) is 0 Å². The zero-order valence-corrected chi connectivity index (χ0v) is 11.0. The molecule has 1 aromatic carbocycles. The minimum Gasteiger partial charge on any atom is -0.344 e. The van der Waals surface area contributed by atoms with Crippen LogP contribution in [0, 0.1) is 0 Å². The van der Waals surface area contributed by atoms with Crippen molar-refractivity contribution in [3.8, 4) is 0 Å². The molecule has 4 rings (SSSR count). The topological polar surface area (TPSA) is 43.8 Å². The lowest BCUT2D eigenvalue weighted by molar-refractivity contribution is 0.352. The molecule has 3 aromatic rings. The highest BCUT2D eigenvalue weighted by Gasteiger charge is 2.27. The van der Waals surface area contributed by atoms with Gasteiger partial charge in [0.25, 0.3) is 0 Å². The van der Waals surface area contributed by atoms with Crippen LogP contribution in [0.4, 0.5) is 0 Å². The fraction of sp³-hybridized carbons (Fsp3) is 0.312. The van der Waals surface area contributed by atoms with Gasteiger partial charge in [0.15, 0.2) is 0 Å². The van der Waals surface area contributed by atoms with Gasteiger partial charge in [0, 0.05) is 41.8 Å². The van der Waals surface area contributed by atoms with Crippen LogP contribution in [0.25, 0.3) is 21.8 Å². The van der Waals surface area contributed by atoms with Crippen molar-refractivity contribution < 1.29 is 0 Å². The predicted octanol–water partition coefficient (Wildman–Crippen LogP) is 2.93. The highest BCUT2D eigenvalue weighted by molar-refractivity contribution is 6.07. The maximum absolute atomic E-state index is 5.90. The molecule has 2 aromatic heterocycles. The lowest BCUT2D eigenvalue weighted by Crippen LogP contribution is -2.34. The fourth-order valence-corrected chi connectivity index (χ4v) is 3.26. The molecular weight excluding hydrogens is 234 g/mol. The predicted molar refractivity (Wildman–Crippen MR) is 78.2 cm³/mol. The number of hydrogen-bond acceptors (Lipinski definition) is 2. The van der Waals surface area contributed by atoms with Gasteiger partial charge in [-0.05, 0) is 36.5 Å². The smallest absolute Gasteiger partial charge is 0.0519 e. The summed E-state index contributed by atoms with van der Waals surface area (Å²) in [7, 11) is 2.13. The molecule has 0 amide bonds. The number of rotatable bonds is 1. The molecule has 0 bridgehead atoms. The summed E-state index contributed by atoms with van der Waals surface area (Å²) in [6.45, 7) is 0. The highest BCUT2D eigenvalue weighted by atomic mass is 14.9. The average Bonchev–Trinajstić information content (AvgIpc) is 2.69. The maximum atomic E-state index is 5.90. The van der Waals surface area contributed by atoms with Crippen molar-refractivity contribution in [2.45, 2.75) is 24.8 Å². The third kappa shape index (κ3) is 1.51. The summed E-state index contributed by atoms with van der Waals surface area (Å²) in [4.78, 5) is 4.24. The lowest BCUT2D eigenvalue weighted by atomic mass is 9.76. The Hall–Kier alpha value is -1.87. The zero-order valence-electron chi connectivity index (χ0n) is 11.0. The number of nitrogens with two attached hydrogens (primary N) is 1. The first-order chi connectivity index (χ1) is 9.24. The van der Waals surface area contributed by atoms with Crippen LogP contribution in [0.1, 0.15) is 24.3 Å². The molecule has 1 saturated carbocycles. The van der Waals surface area contributed by atoms with Crippen molar-refractivity contribution in [2.24, 2.45) is 12.8 Å². The Bertz CT molecular complexity index is 766. The van der Waals surface area contributed by atoms with Crippen LogP contribution in [0.3, 0.4) is 0 Å². The number of nitrogens with zero attached hydrogens (tertiary/aromatic N) is 2. The Kier molecular flexibility index (Phi) is 2.21. The van der Waals surface area contributed by atoms with Crippen LogP contribution in [0.2, 0.25) is 0 Å². The molecule has 19 heavy (non-hydrogen) atoms. The van der Waals surface area contributed by atoms with Gasteiger partial charge in [-0.2, -0.15) is 0 Å². The normalized spacial score (nSPS) is 22.8.